The lowest BCUT2D eigenvalue weighted by molar-refractivity contribution is -0.139. The molecule has 0 aliphatic carbocycles. The molecule has 0 saturated heterocycles. The van der Waals surface area contributed by atoms with Gasteiger partial charge in [-0.1, -0.05) is 12.1 Å². The molecule has 0 atom stereocenters. The van der Waals surface area contributed by atoms with Crippen molar-refractivity contribution in [2.24, 2.45) is 0 Å². The largest absolute Gasteiger partial charge is 0.497 e. The molecule has 0 radical (unpaired) electrons. The Morgan fingerprint density at radius 2 is 1.92 bits per heavy atom. The minimum atomic E-state index is -0.296. The number of rotatable bonds is 4. The van der Waals surface area contributed by atoms with E-state index < -0.39 is 0 Å². The second-order valence-corrected chi connectivity index (χ2v) is 6.08. The van der Waals surface area contributed by atoms with Gasteiger partial charge in [-0.25, -0.2) is 9.10 Å². The fourth-order valence-corrected chi connectivity index (χ4v) is 3.17. The lowest BCUT2D eigenvalue weighted by Gasteiger charge is -2.28. The van der Waals surface area contributed by atoms with Crippen LogP contribution in [-0.2, 0) is 16.0 Å². The number of amides is 2. The van der Waals surface area contributed by atoms with E-state index in [2.05, 4.69) is 10.1 Å². The van der Waals surface area contributed by atoms with Crippen LogP contribution in [0.4, 0.5) is 16.2 Å². The third-order valence-corrected chi connectivity index (χ3v) is 4.66. The average molecular weight is 344 g/mol. The van der Waals surface area contributed by atoms with E-state index in [-0.39, 0.29) is 18.4 Å². The lowest BCUT2D eigenvalue weighted by Crippen LogP contribution is -2.32. The van der Waals surface area contributed by atoms with Gasteiger partial charge in [0.15, 0.2) is 0 Å². The third kappa shape index (κ3) is 3.30. The normalized spacial score (nSPS) is 13.1. The highest BCUT2D eigenvalue weighted by Gasteiger charge is 2.25. The maximum Gasteiger partial charge on any atom is 0.336 e. The number of benzene rings is 2. The highest BCUT2D eigenvalue weighted by molar-refractivity contribution is 8.01. The zero-order chi connectivity index (χ0) is 17.1. The van der Waals surface area contributed by atoms with Crippen LogP contribution in [0.2, 0.25) is 0 Å². The van der Waals surface area contributed by atoms with Gasteiger partial charge in [-0.05, 0) is 41.8 Å². The van der Waals surface area contributed by atoms with Crippen LogP contribution in [-0.4, -0.2) is 26.2 Å². The second kappa shape index (κ2) is 6.84. The van der Waals surface area contributed by atoms with E-state index in [9.17, 15) is 9.59 Å². The molecule has 2 aromatic carbocycles. The summed E-state index contributed by atoms with van der Waals surface area (Å²) in [7, 11) is 2.94. The van der Waals surface area contributed by atoms with E-state index >= 15 is 0 Å². The minimum absolute atomic E-state index is 0.207. The molecule has 0 spiro atoms. The summed E-state index contributed by atoms with van der Waals surface area (Å²) in [6.45, 7) is 0. The summed E-state index contributed by atoms with van der Waals surface area (Å²) in [5.41, 5.74) is 2.29. The van der Waals surface area contributed by atoms with Crippen molar-refractivity contribution in [2.75, 3.05) is 23.8 Å². The molecule has 0 saturated carbocycles. The van der Waals surface area contributed by atoms with Gasteiger partial charge >= 0.3 is 12.0 Å². The molecule has 0 fully saturated rings. The molecule has 7 heteroatoms. The number of carbonyl (C=O) groups is 2. The summed E-state index contributed by atoms with van der Waals surface area (Å²) in [5.74, 6) is 0.394. The molecule has 1 aliphatic rings. The van der Waals surface area contributed by atoms with Gasteiger partial charge in [0.05, 0.1) is 36.9 Å². The average Bonchev–Trinajstić information content (AvgIpc) is 2.61. The third-order valence-electron chi connectivity index (χ3n) is 3.55. The number of hydrogen-bond donors (Lipinski definition) is 1. The minimum Gasteiger partial charge on any atom is -0.497 e. The van der Waals surface area contributed by atoms with Crippen molar-refractivity contribution in [1.29, 1.82) is 0 Å². The van der Waals surface area contributed by atoms with Crippen LogP contribution in [0, 0.1) is 0 Å². The molecule has 24 heavy (non-hydrogen) atoms. The van der Waals surface area contributed by atoms with Crippen molar-refractivity contribution < 1.29 is 19.1 Å². The van der Waals surface area contributed by atoms with E-state index in [4.69, 9.17) is 4.74 Å². The molecule has 0 aromatic heterocycles. The second-order valence-electron chi connectivity index (χ2n) is 5.10. The Labute approximate surface area is 143 Å². The van der Waals surface area contributed by atoms with E-state index in [0.717, 1.165) is 21.8 Å². The van der Waals surface area contributed by atoms with Crippen LogP contribution in [0.3, 0.4) is 0 Å². The standard InChI is InChI=1S/C17H16N2O4S/c1-22-13-7-8-15-14(10-13)18-17(21)19(24-15)12-5-3-11(4-6-12)9-16(20)23-2/h3-8,10H,9H2,1-2H3,(H,18,21). The number of anilines is 2. The highest BCUT2D eigenvalue weighted by atomic mass is 32.2. The summed E-state index contributed by atoms with van der Waals surface area (Å²) in [6, 6.07) is 12.5. The van der Waals surface area contributed by atoms with E-state index in [1.54, 1.807) is 29.6 Å². The van der Waals surface area contributed by atoms with Crippen molar-refractivity contribution in [3.05, 3.63) is 48.0 Å². The number of methoxy groups -OCH3 is 2. The number of fused-ring (bicyclic) bond motifs is 1. The topological polar surface area (TPSA) is 67.9 Å². The molecule has 2 aromatic rings. The first-order valence-electron chi connectivity index (χ1n) is 7.23. The first-order valence-corrected chi connectivity index (χ1v) is 8.01. The number of carbonyl (C=O) groups excluding carboxylic acids is 2. The fraction of sp³-hybridized carbons (Fsp3) is 0.176. The van der Waals surface area contributed by atoms with Crippen LogP contribution < -0.4 is 14.4 Å². The van der Waals surface area contributed by atoms with Crippen LogP contribution in [0.1, 0.15) is 5.56 Å². The predicted molar refractivity (Wildman–Crippen MR) is 92.5 cm³/mol. The molecule has 1 N–H and O–H groups in total. The Kier molecular flexibility index (Phi) is 4.61. The van der Waals surface area contributed by atoms with Gasteiger partial charge in [0.1, 0.15) is 5.75 Å². The van der Waals surface area contributed by atoms with Crippen LogP contribution in [0.15, 0.2) is 47.4 Å². The molecule has 1 aliphatic heterocycles. The first kappa shape index (κ1) is 16.2. The molecule has 0 unspecified atom stereocenters. The van der Waals surface area contributed by atoms with Crippen molar-refractivity contribution in [1.82, 2.24) is 0 Å². The van der Waals surface area contributed by atoms with Crippen molar-refractivity contribution in [2.45, 2.75) is 11.3 Å². The monoisotopic (exact) mass is 344 g/mol. The summed E-state index contributed by atoms with van der Waals surface area (Å²) < 4.78 is 11.4. The van der Waals surface area contributed by atoms with Gasteiger partial charge in [0, 0.05) is 6.07 Å². The van der Waals surface area contributed by atoms with E-state index in [0.29, 0.717) is 5.75 Å². The van der Waals surface area contributed by atoms with Crippen LogP contribution in [0.25, 0.3) is 0 Å². The number of urea groups is 1. The van der Waals surface area contributed by atoms with Crippen LogP contribution >= 0.6 is 11.9 Å². The Balaban J connectivity index is 1.79. The number of hydrogen-bond acceptors (Lipinski definition) is 5. The number of esters is 1. The highest BCUT2D eigenvalue weighted by Crippen LogP contribution is 2.39. The fourth-order valence-electron chi connectivity index (χ4n) is 2.28. The molecule has 1 heterocycles. The SMILES string of the molecule is COC(=O)Cc1ccc(N2Sc3ccc(OC)cc3NC2=O)cc1. The maximum atomic E-state index is 12.3. The Morgan fingerprint density at radius 3 is 2.58 bits per heavy atom. The van der Waals surface area contributed by atoms with Crippen molar-refractivity contribution in [3.63, 3.8) is 0 Å². The summed E-state index contributed by atoms with van der Waals surface area (Å²) in [4.78, 5) is 24.6. The molecule has 6 nitrogen and oxygen atoms in total. The number of nitrogens with one attached hydrogen (secondary N) is 1. The summed E-state index contributed by atoms with van der Waals surface area (Å²) in [6.07, 6.45) is 0.207. The zero-order valence-corrected chi connectivity index (χ0v) is 14.1. The van der Waals surface area contributed by atoms with Gasteiger partial charge in [-0.2, -0.15) is 0 Å². The molecule has 2 amide bonds. The van der Waals surface area contributed by atoms with Gasteiger partial charge in [0.25, 0.3) is 0 Å². The number of nitrogens with zero attached hydrogens (tertiary/aromatic N) is 1. The summed E-state index contributed by atoms with van der Waals surface area (Å²) in [5, 5.41) is 2.85. The van der Waals surface area contributed by atoms with Gasteiger partial charge in [0.2, 0.25) is 0 Å². The quantitative estimate of drug-likeness (QED) is 0.679. The molecular formula is C17H16N2O4S. The van der Waals surface area contributed by atoms with Gasteiger partial charge in [-0.15, -0.1) is 0 Å². The van der Waals surface area contributed by atoms with Gasteiger partial charge in [-0.3, -0.25) is 4.79 Å². The molecular weight excluding hydrogens is 328 g/mol. The summed E-state index contributed by atoms with van der Waals surface area (Å²) >= 11 is 1.34. The van der Waals surface area contributed by atoms with Crippen molar-refractivity contribution >= 4 is 35.3 Å². The smallest absolute Gasteiger partial charge is 0.336 e. The first-order chi connectivity index (χ1) is 11.6. The molecule has 0 bridgehead atoms. The Morgan fingerprint density at radius 1 is 1.17 bits per heavy atom. The van der Waals surface area contributed by atoms with Crippen LogP contribution in [0.5, 0.6) is 5.75 Å². The Bertz CT molecular complexity index is 777. The molecule has 3 rings (SSSR count). The Hall–Kier alpha value is -2.67. The molecule has 124 valence electrons. The van der Waals surface area contributed by atoms with E-state index in [1.807, 2.05) is 24.3 Å². The lowest BCUT2D eigenvalue weighted by atomic mass is 10.1. The predicted octanol–water partition coefficient (Wildman–Crippen LogP) is 3.47. The maximum absolute atomic E-state index is 12.3. The van der Waals surface area contributed by atoms with Crippen molar-refractivity contribution in [3.8, 4) is 5.75 Å². The number of ether oxygens (including phenoxy) is 2. The van der Waals surface area contributed by atoms with Gasteiger partial charge < -0.3 is 14.8 Å². The van der Waals surface area contributed by atoms with E-state index in [1.165, 1.54) is 19.1 Å². The zero-order valence-electron chi connectivity index (χ0n) is 13.2.